The SMILES string of the molecule is COc1cc(N)c(Cl)cc1C(CCCC=O)N1CCCCC1. The van der Waals surface area contributed by atoms with Crippen LogP contribution in [0.5, 0.6) is 5.75 Å². The normalized spacial score (nSPS) is 17.2. The Morgan fingerprint density at radius 3 is 2.73 bits per heavy atom. The number of carbonyl (C=O) groups excluding carboxylic acids is 1. The van der Waals surface area contributed by atoms with Crippen molar-refractivity contribution in [3.63, 3.8) is 0 Å². The van der Waals surface area contributed by atoms with Crippen molar-refractivity contribution in [1.29, 1.82) is 0 Å². The molecule has 1 aromatic carbocycles. The van der Waals surface area contributed by atoms with Crippen molar-refractivity contribution in [2.75, 3.05) is 25.9 Å². The van der Waals surface area contributed by atoms with E-state index in [4.69, 9.17) is 22.1 Å². The molecule has 0 saturated carbocycles. The lowest BCUT2D eigenvalue weighted by Crippen LogP contribution is -2.34. The van der Waals surface area contributed by atoms with Crippen molar-refractivity contribution in [3.05, 3.63) is 22.7 Å². The first-order valence-corrected chi connectivity index (χ1v) is 8.35. The Balaban J connectivity index is 2.29. The molecule has 1 atom stereocenters. The van der Waals surface area contributed by atoms with Crippen LogP contribution in [-0.2, 0) is 4.79 Å². The first-order valence-electron chi connectivity index (χ1n) is 7.98. The van der Waals surface area contributed by atoms with E-state index in [2.05, 4.69) is 4.90 Å². The van der Waals surface area contributed by atoms with E-state index in [0.29, 0.717) is 17.1 Å². The fraction of sp³-hybridized carbons (Fsp3) is 0.588. The smallest absolute Gasteiger partial charge is 0.125 e. The summed E-state index contributed by atoms with van der Waals surface area (Å²) in [6.07, 6.45) is 7.10. The van der Waals surface area contributed by atoms with Crippen molar-refractivity contribution in [2.24, 2.45) is 0 Å². The standard InChI is InChI=1S/C17H25ClN2O2/c1-22-17-12-15(19)14(18)11-13(17)16(7-3-6-10-21)20-8-4-2-5-9-20/h10-12,16H,2-9,19H2,1H3. The highest BCUT2D eigenvalue weighted by Crippen LogP contribution is 2.38. The number of ether oxygens (including phenoxy) is 1. The van der Waals surface area contributed by atoms with Gasteiger partial charge in [0, 0.05) is 24.1 Å². The number of aldehydes is 1. The van der Waals surface area contributed by atoms with Crippen LogP contribution in [0.4, 0.5) is 5.69 Å². The van der Waals surface area contributed by atoms with Gasteiger partial charge in [0.2, 0.25) is 0 Å². The number of nitrogens with zero attached hydrogens (tertiary/aromatic N) is 1. The number of nitrogen functional groups attached to an aromatic ring is 1. The molecule has 0 bridgehead atoms. The fourth-order valence-electron chi connectivity index (χ4n) is 3.18. The number of rotatable bonds is 7. The predicted molar refractivity (Wildman–Crippen MR) is 90.5 cm³/mol. The number of halogens is 1. The Hall–Kier alpha value is -1.26. The fourth-order valence-corrected chi connectivity index (χ4v) is 3.35. The van der Waals surface area contributed by atoms with Crippen molar-refractivity contribution in [1.82, 2.24) is 4.90 Å². The third-order valence-electron chi connectivity index (χ3n) is 4.34. The van der Waals surface area contributed by atoms with E-state index in [0.717, 1.165) is 43.5 Å². The third kappa shape index (κ3) is 4.14. The third-order valence-corrected chi connectivity index (χ3v) is 4.67. The van der Waals surface area contributed by atoms with Gasteiger partial charge in [-0.25, -0.2) is 0 Å². The second-order valence-electron chi connectivity index (χ2n) is 5.83. The topological polar surface area (TPSA) is 55.6 Å². The van der Waals surface area contributed by atoms with Crippen LogP contribution < -0.4 is 10.5 Å². The Kier molecular flexibility index (Phi) is 6.52. The summed E-state index contributed by atoms with van der Waals surface area (Å²) >= 11 is 6.23. The zero-order chi connectivity index (χ0) is 15.9. The quantitative estimate of drug-likeness (QED) is 0.470. The lowest BCUT2D eigenvalue weighted by atomic mass is 9.96. The molecule has 22 heavy (non-hydrogen) atoms. The van der Waals surface area contributed by atoms with Gasteiger partial charge in [0.25, 0.3) is 0 Å². The average Bonchev–Trinajstić information content (AvgIpc) is 2.55. The number of methoxy groups -OCH3 is 1. The summed E-state index contributed by atoms with van der Waals surface area (Å²) in [5.41, 5.74) is 7.51. The van der Waals surface area contributed by atoms with Gasteiger partial charge in [-0.2, -0.15) is 0 Å². The van der Waals surface area contributed by atoms with Gasteiger partial charge in [0.05, 0.1) is 17.8 Å². The molecule has 1 aliphatic rings. The molecule has 1 aliphatic heterocycles. The molecule has 1 heterocycles. The van der Waals surface area contributed by atoms with Gasteiger partial charge in [0.1, 0.15) is 12.0 Å². The van der Waals surface area contributed by atoms with Crippen LogP contribution in [0.1, 0.15) is 50.1 Å². The number of benzene rings is 1. The number of hydrogen-bond donors (Lipinski definition) is 1. The molecule has 5 heteroatoms. The molecule has 0 spiro atoms. The molecular weight excluding hydrogens is 300 g/mol. The van der Waals surface area contributed by atoms with Crippen LogP contribution in [0.15, 0.2) is 12.1 Å². The van der Waals surface area contributed by atoms with Crippen molar-refractivity contribution >= 4 is 23.6 Å². The van der Waals surface area contributed by atoms with Crippen LogP contribution in [0.3, 0.4) is 0 Å². The largest absolute Gasteiger partial charge is 0.496 e. The molecule has 122 valence electrons. The lowest BCUT2D eigenvalue weighted by molar-refractivity contribution is -0.108. The molecule has 2 N–H and O–H groups in total. The predicted octanol–water partition coefficient (Wildman–Crippen LogP) is 3.83. The second kappa shape index (κ2) is 8.39. The Morgan fingerprint density at radius 2 is 2.09 bits per heavy atom. The van der Waals surface area contributed by atoms with Crippen molar-refractivity contribution < 1.29 is 9.53 Å². The van der Waals surface area contributed by atoms with Crippen LogP contribution in [0.2, 0.25) is 5.02 Å². The zero-order valence-electron chi connectivity index (χ0n) is 13.2. The maximum absolute atomic E-state index is 10.6. The minimum Gasteiger partial charge on any atom is -0.496 e. The zero-order valence-corrected chi connectivity index (χ0v) is 13.9. The summed E-state index contributed by atoms with van der Waals surface area (Å²) in [7, 11) is 1.66. The van der Waals surface area contributed by atoms with Crippen LogP contribution in [0, 0.1) is 0 Å². The number of piperidine rings is 1. The summed E-state index contributed by atoms with van der Waals surface area (Å²) in [6.45, 7) is 2.16. The summed E-state index contributed by atoms with van der Waals surface area (Å²) in [5, 5.41) is 0.563. The number of anilines is 1. The minimum atomic E-state index is 0.230. The van der Waals surface area contributed by atoms with Crippen LogP contribution in [0.25, 0.3) is 0 Å². The summed E-state index contributed by atoms with van der Waals surface area (Å²) in [4.78, 5) is 13.1. The molecular formula is C17H25ClN2O2. The summed E-state index contributed by atoms with van der Waals surface area (Å²) < 4.78 is 5.52. The average molecular weight is 325 g/mol. The van der Waals surface area contributed by atoms with Gasteiger partial charge in [-0.05, 0) is 44.8 Å². The van der Waals surface area contributed by atoms with Crippen LogP contribution in [-0.4, -0.2) is 31.4 Å². The molecule has 0 amide bonds. The Labute approximate surface area is 137 Å². The van der Waals surface area contributed by atoms with Gasteiger partial charge in [-0.1, -0.05) is 18.0 Å². The van der Waals surface area contributed by atoms with E-state index in [-0.39, 0.29) is 6.04 Å². The van der Waals surface area contributed by atoms with Gasteiger partial charge in [-0.15, -0.1) is 0 Å². The van der Waals surface area contributed by atoms with E-state index in [9.17, 15) is 4.79 Å². The second-order valence-corrected chi connectivity index (χ2v) is 6.23. The van der Waals surface area contributed by atoms with E-state index in [1.54, 1.807) is 13.2 Å². The Morgan fingerprint density at radius 1 is 1.36 bits per heavy atom. The molecule has 0 radical (unpaired) electrons. The van der Waals surface area contributed by atoms with Crippen molar-refractivity contribution in [3.8, 4) is 5.75 Å². The first kappa shape index (κ1) is 17.1. The lowest BCUT2D eigenvalue weighted by Gasteiger charge is -2.35. The molecule has 1 unspecified atom stereocenters. The van der Waals surface area contributed by atoms with Gasteiger partial charge in [0.15, 0.2) is 0 Å². The highest BCUT2D eigenvalue weighted by atomic mass is 35.5. The monoisotopic (exact) mass is 324 g/mol. The van der Waals surface area contributed by atoms with E-state index in [1.807, 2.05) is 6.07 Å². The molecule has 0 aliphatic carbocycles. The van der Waals surface area contributed by atoms with E-state index >= 15 is 0 Å². The molecule has 1 saturated heterocycles. The summed E-state index contributed by atoms with van der Waals surface area (Å²) in [6, 6.07) is 3.96. The Bertz CT molecular complexity index is 502. The van der Waals surface area contributed by atoms with E-state index < -0.39 is 0 Å². The first-order chi connectivity index (χ1) is 10.7. The highest BCUT2D eigenvalue weighted by Gasteiger charge is 2.25. The molecule has 1 aromatic rings. The molecule has 4 nitrogen and oxygen atoms in total. The number of unbranched alkanes of at least 4 members (excludes halogenated alkanes) is 1. The minimum absolute atomic E-state index is 0.230. The maximum Gasteiger partial charge on any atom is 0.125 e. The number of nitrogens with two attached hydrogens (primary N) is 1. The van der Waals surface area contributed by atoms with Gasteiger partial charge >= 0.3 is 0 Å². The van der Waals surface area contributed by atoms with Crippen molar-refractivity contribution in [2.45, 2.75) is 44.6 Å². The maximum atomic E-state index is 10.6. The number of likely N-dealkylation sites (tertiary alicyclic amines) is 1. The van der Waals surface area contributed by atoms with Gasteiger partial charge in [-0.3, -0.25) is 4.90 Å². The summed E-state index contributed by atoms with van der Waals surface area (Å²) in [5.74, 6) is 0.781. The molecule has 2 rings (SSSR count). The molecule has 0 aromatic heterocycles. The van der Waals surface area contributed by atoms with E-state index in [1.165, 1.54) is 19.3 Å². The number of carbonyl (C=O) groups is 1. The van der Waals surface area contributed by atoms with Gasteiger partial charge < -0.3 is 15.3 Å². The number of hydrogen-bond acceptors (Lipinski definition) is 4. The highest BCUT2D eigenvalue weighted by molar-refractivity contribution is 6.33. The van der Waals surface area contributed by atoms with Crippen LogP contribution >= 0.6 is 11.6 Å². The molecule has 1 fully saturated rings.